The Morgan fingerprint density at radius 3 is 1.80 bits per heavy atom. The van der Waals surface area contributed by atoms with Crippen molar-refractivity contribution in [2.45, 2.75) is 31.5 Å². The summed E-state index contributed by atoms with van der Waals surface area (Å²) in [5, 5.41) is 0. The normalized spacial score (nSPS) is 58.2. The van der Waals surface area contributed by atoms with E-state index in [0.717, 1.165) is 18.6 Å². The van der Waals surface area contributed by atoms with Gasteiger partial charge in [-0.1, -0.05) is 0 Å². The Kier molecular flexibility index (Phi) is 0.541. The van der Waals surface area contributed by atoms with Crippen LogP contribution < -0.4 is 0 Å². The summed E-state index contributed by atoms with van der Waals surface area (Å²) in [7, 11) is 0. The third-order valence-corrected chi connectivity index (χ3v) is 3.60. The van der Waals surface area contributed by atoms with E-state index in [1.165, 1.54) is 25.9 Å². The van der Waals surface area contributed by atoms with Crippen LogP contribution in [0.1, 0.15) is 12.8 Å². The fourth-order valence-electron chi connectivity index (χ4n) is 2.87. The summed E-state index contributed by atoms with van der Waals surface area (Å²) in [6, 6.07) is 0. The Balaban J connectivity index is 1.69. The van der Waals surface area contributed by atoms with Gasteiger partial charge < -0.3 is 0 Å². The monoisotopic (exact) mass is 137 g/mol. The van der Waals surface area contributed by atoms with Gasteiger partial charge in [0.05, 0.1) is 12.3 Å². The van der Waals surface area contributed by atoms with Gasteiger partial charge in [0.25, 0.3) is 0 Å². The lowest BCUT2D eigenvalue weighted by molar-refractivity contribution is -0.430. The van der Waals surface area contributed by atoms with Crippen LogP contribution in [0.3, 0.4) is 0 Å². The minimum absolute atomic E-state index is 0.775. The maximum Gasteiger partial charge on any atom is 0.124 e. The van der Waals surface area contributed by atoms with Crippen molar-refractivity contribution in [1.29, 1.82) is 0 Å². The molecular weight excluding hydrogens is 126 g/mol. The molecule has 3 nitrogen and oxygen atoms in total. The van der Waals surface area contributed by atoms with Crippen molar-refractivity contribution in [3.63, 3.8) is 0 Å². The second-order valence-corrected chi connectivity index (χ2v) is 3.81. The standard InChI is InChI=1S/C7H11N3/c1-3-8-5(1)10-6-2-4-9(6)7(8)10/h5-7H,1-4H2. The minimum Gasteiger partial charge on any atom is -0.259 e. The number of hydrogen-bond donors (Lipinski definition) is 0. The third-order valence-electron chi connectivity index (χ3n) is 3.60. The van der Waals surface area contributed by atoms with E-state index < -0.39 is 0 Å². The Morgan fingerprint density at radius 2 is 1.50 bits per heavy atom. The van der Waals surface area contributed by atoms with Gasteiger partial charge in [-0.3, -0.25) is 9.80 Å². The van der Waals surface area contributed by atoms with Crippen LogP contribution in [0.5, 0.6) is 0 Å². The molecule has 4 aliphatic rings. The van der Waals surface area contributed by atoms with Crippen molar-refractivity contribution in [2.24, 2.45) is 0 Å². The molecule has 0 bridgehead atoms. The molecule has 2 atom stereocenters. The van der Waals surface area contributed by atoms with Crippen molar-refractivity contribution in [1.82, 2.24) is 14.7 Å². The second-order valence-electron chi connectivity index (χ2n) is 3.81. The van der Waals surface area contributed by atoms with Crippen molar-refractivity contribution in [2.75, 3.05) is 13.1 Å². The molecule has 4 saturated heterocycles. The van der Waals surface area contributed by atoms with Crippen molar-refractivity contribution in [3.05, 3.63) is 0 Å². The summed E-state index contributed by atoms with van der Waals surface area (Å²) < 4.78 is 0. The molecule has 0 aromatic carbocycles. The van der Waals surface area contributed by atoms with E-state index in [0.29, 0.717) is 0 Å². The van der Waals surface area contributed by atoms with E-state index in [1.54, 1.807) is 0 Å². The molecule has 0 aromatic rings. The fourth-order valence-corrected chi connectivity index (χ4v) is 2.87. The van der Waals surface area contributed by atoms with E-state index in [1.807, 2.05) is 0 Å². The highest BCUT2D eigenvalue weighted by molar-refractivity contribution is 5.12. The molecule has 4 rings (SSSR count). The van der Waals surface area contributed by atoms with E-state index in [-0.39, 0.29) is 0 Å². The van der Waals surface area contributed by atoms with Crippen LogP contribution in [0.4, 0.5) is 0 Å². The fraction of sp³-hybridized carbons (Fsp3) is 1.00. The summed E-state index contributed by atoms with van der Waals surface area (Å²) in [4.78, 5) is 7.89. The van der Waals surface area contributed by atoms with Crippen molar-refractivity contribution >= 4 is 0 Å². The maximum absolute atomic E-state index is 2.67. The van der Waals surface area contributed by atoms with Crippen LogP contribution in [0, 0.1) is 0 Å². The van der Waals surface area contributed by atoms with Gasteiger partial charge in [-0.15, -0.1) is 0 Å². The third kappa shape index (κ3) is 0.260. The summed E-state index contributed by atoms with van der Waals surface area (Å²) >= 11 is 0. The van der Waals surface area contributed by atoms with Crippen LogP contribution in [0.15, 0.2) is 0 Å². The van der Waals surface area contributed by atoms with Gasteiger partial charge >= 0.3 is 0 Å². The zero-order valence-electron chi connectivity index (χ0n) is 5.90. The Morgan fingerprint density at radius 1 is 0.900 bits per heavy atom. The molecule has 0 saturated carbocycles. The first-order valence-corrected chi connectivity index (χ1v) is 4.26. The Hall–Kier alpha value is -0.120. The first-order chi connectivity index (χ1) is 4.97. The number of nitrogens with zero attached hydrogens (tertiary/aromatic N) is 3. The number of fused-ring (bicyclic) bond motifs is 7. The molecule has 0 spiro atoms. The van der Waals surface area contributed by atoms with Gasteiger partial charge in [0.2, 0.25) is 0 Å². The average Bonchev–Trinajstić information content (AvgIpc) is 1.82. The Bertz CT molecular complexity index is 163. The van der Waals surface area contributed by atoms with Gasteiger partial charge in [0, 0.05) is 13.1 Å². The van der Waals surface area contributed by atoms with Gasteiger partial charge in [0.15, 0.2) is 0 Å². The summed E-state index contributed by atoms with van der Waals surface area (Å²) in [5.41, 5.74) is 0. The lowest BCUT2D eigenvalue weighted by atomic mass is 9.89. The van der Waals surface area contributed by atoms with E-state index >= 15 is 0 Å². The largest absolute Gasteiger partial charge is 0.259 e. The molecule has 54 valence electrons. The SMILES string of the molecule is C1CN2C1N1C3CCN3C21. The maximum atomic E-state index is 2.67. The predicted octanol–water partition coefficient (Wildman–Crippen LogP) is -0.337. The lowest BCUT2D eigenvalue weighted by Crippen LogP contribution is -2.96. The van der Waals surface area contributed by atoms with Crippen LogP contribution >= 0.6 is 0 Å². The first kappa shape index (κ1) is 4.70. The first-order valence-electron chi connectivity index (χ1n) is 4.26. The molecule has 4 fully saturated rings. The van der Waals surface area contributed by atoms with Crippen LogP contribution in [0.2, 0.25) is 0 Å². The minimum atomic E-state index is 0.775. The molecule has 3 heteroatoms. The molecule has 0 aliphatic carbocycles. The zero-order chi connectivity index (χ0) is 6.29. The average molecular weight is 137 g/mol. The summed E-state index contributed by atoms with van der Waals surface area (Å²) in [6.07, 6.45) is 5.40. The molecule has 0 radical (unpaired) electrons. The highest BCUT2D eigenvalue weighted by atomic mass is 15.8. The summed E-state index contributed by atoms with van der Waals surface area (Å²) in [5.74, 6) is 0. The molecule has 0 amide bonds. The van der Waals surface area contributed by atoms with Gasteiger partial charge in [-0.2, -0.15) is 0 Å². The highest BCUT2D eigenvalue weighted by Gasteiger charge is 2.68. The highest BCUT2D eigenvalue weighted by Crippen LogP contribution is 2.52. The number of hydrogen-bond acceptors (Lipinski definition) is 3. The molecule has 4 heterocycles. The topological polar surface area (TPSA) is 9.72 Å². The molecule has 0 N–H and O–H groups in total. The predicted molar refractivity (Wildman–Crippen MR) is 35.8 cm³/mol. The van der Waals surface area contributed by atoms with Crippen LogP contribution in [-0.2, 0) is 0 Å². The van der Waals surface area contributed by atoms with Crippen molar-refractivity contribution in [3.8, 4) is 0 Å². The van der Waals surface area contributed by atoms with Gasteiger partial charge in [-0.25, -0.2) is 4.90 Å². The smallest absolute Gasteiger partial charge is 0.124 e. The molecule has 10 heavy (non-hydrogen) atoms. The summed E-state index contributed by atoms with van der Waals surface area (Å²) in [6.45, 7) is 2.71. The lowest BCUT2D eigenvalue weighted by Gasteiger charge is -2.80. The molecule has 0 aromatic heterocycles. The molecule has 2 unspecified atom stereocenters. The quantitative estimate of drug-likeness (QED) is 0.452. The van der Waals surface area contributed by atoms with Crippen LogP contribution in [0.25, 0.3) is 0 Å². The molecular formula is C7H11N3. The van der Waals surface area contributed by atoms with Gasteiger partial charge in [-0.05, 0) is 12.8 Å². The van der Waals surface area contributed by atoms with E-state index in [2.05, 4.69) is 14.7 Å². The van der Waals surface area contributed by atoms with E-state index in [4.69, 9.17) is 0 Å². The van der Waals surface area contributed by atoms with Crippen molar-refractivity contribution < 1.29 is 0 Å². The van der Waals surface area contributed by atoms with Gasteiger partial charge in [0.1, 0.15) is 6.29 Å². The van der Waals surface area contributed by atoms with Crippen LogP contribution in [-0.4, -0.2) is 46.4 Å². The number of rotatable bonds is 0. The molecule has 4 aliphatic heterocycles. The Labute approximate surface area is 60.2 Å². The second kappa shape index (κ2) is 1.15. The van der Waals surface area contributed by atoms with E-state index in [9.17, 15) is 0 Å². The zero-order valence-corrected chi connectivity index (χ0v) is 5.90.